The number of aromatic hydroxyl groups is 2. The van der Waals surface area contributed by atoms with Crippen LogP contribution in [-0.2, 0) is 5.41 Å². The first-order chi connectivity index (χ1) is 5.84. The Balaban J connectivity index is 3.43. The van der Waals surface area contributed by atoms with Crippen molar-refractivity contribution in [2.75, 3.05) is 0 Å². The van der Waals surface area contributed by atoms with E-state index in [1.165, 1.54) is 6.07 Å². The van der Waals surface area contributed by atoms with Gasteiger partial charge >= 0.3 is 0 Å². The second kappa shape index (κ2) is 3.11. The summed E-state index contributed by atoms with van der Waals surface area (Å²) in [6.45, 7) is 5.77. The van der Waals surface area contributed by atoms with E-state index in [0.717, 1.165) is 0 Å². The van der Waals surface area contributed by atoms with Crippen molar-refractivity contribution < 1.29 is 10.2 Å². The van der Waals surface area contributed by atoms with Crippen molar-refractivity contribution in [2.45, 2.75) is 26.2 Å². The summed E-state index contributed by atoms with van der Waals surface area (Å²) in [7, 11) is 0. The summed E-state index contributed by atoms with van der Waals surface area (Å²) in [6, 6.07) is 2.96. The maximum Gasteiger partial charge on any atom is 0.162 e. The number of rotatable bonds is 0. The molecule has 0 radical (unpaired) electrons. The van der Waals surface area contributed by atoms with Crippen LogP contribution in [0, 0.1) is 0 Å². The number of hydrogen-bond donors (Lipinski definition) is 2. The second-order valence-electron chi connectivity index (χ2n) is 4.04. The van der Waals surface area contributed by atoms with Crippen LogP contribution in [0.4, 0.5) is 0 Å². The van der Waals surface area contributed by atoms with Crippen molar-refractivity contribution in [2.24, 2.45) is 0 Å². The Morgan fingerprint density at radius 1 is 1.15 bits per heavy atom. The summed E-state index contributed by atoms with van der Waals surface area (Å²) in [6.07, 6.45) is 0. The van der Waals surface area contributed by atoms with Crippen molar-refractivity contribution in [1.82, 2.24) is 0 Å². The van der Waals surface area contributed by atoms with Gasteiger partial charge in [-0.25, -0.2) is 0 Å². The van der Waals surface area contributed by atoms with Crippen molar-refractivity contribution in [3.63, 3.8) is 0 Å². The smallest absolute Gasteiger partial charge is 0.162 e. The van der Waals surface area contributed by atoms with Gasteiger partial charge in [-0.3, -0.25) is 0 Å². The minimum atomic E-state index is -0.278. The van der Waals surface area contributed by atoms with Crippen LogP contribution in [0.15, 0.2) is 12.1 Å². The number of phenolic OH excluding ortho intramolecular Hbond substituents is 2. The fourth-order valence-electron chi connectivity index (χ4n) is 1.27. The third-order valence-corrected chi connectivity index (χ3v) is 2.17. The predicted molar refractivity (Wildman–Crippen MR) is 53.5 cm³/mol. The van der Waals surface area contributed by atoms with Crippen molar-refractivity contribution >= 4 is 11.6 Å². The molecule has 13 heavy (non-hydrogen) atoms. The monoisotopic (exact) mass is 200 g/mol. The highest BCUT2D eigenvalue weighted by Gasteiger charge is 2.23. The average molecular weight is 201 g/mol. The molecule has 0 atom stereocenters. The van der Waals surface area contributed by atoms with Crippen molar-refractivity contribution in [1.29, 1.82) is 0 Å². The molecule has 0 aliphatic carbocycles. The number of halogens is 1. The van der Waals surface area contributed by atoms with E-state index >= 15 is 0 Å². The maximum absolute atomic E-state index is 9.58. The first-order valence-electron chi connectivity index (χ1n) is 4.05. The zero-order valence-electron chi connectivity index (χ0n) is 7.93. The van der Waals surface area contributed by atoms with Crippen molar-refractivity contribution in [3.05, 3.63) is 22.7 Å². The normalized spacial score (nSPS) is 11.7. The molecule has 0 bridgehead atoms. The van der Waals surface area contributed by atoms with Crippen LogP contribution in [0.1, 0.15) is 26.3 Å². The molecule has 0 saturated heterocycles. The Labute approximate surface area is 82.8 Å². The maximum atomic E-state index is 9.58. The van der Waals surface area contributed by atoms with E-state index in [-0.39, 0.29) is 16.9 Å². The van der Waals surface area contributed by atoms with Crippen LogP contribution in [0.3, 0.4) is 0 Å². The highest BCUT2D eigenvalue weighted by molar-refractivity contribution is 6.31. The summed E-state index contributed by atoms with van der Waals surface area (Å²) in [5.74, 6) is -0.255. The van der Waals surface area contributed by atoms with Crippen LogP contribution >= 0.6 is 11.6 Å². The van der Waals surface area contributed by atoms with Crippen LogP contribution < -0.4 is 0 Å². The zero-order chi connectivity index (χ0) is 10.2. The molecule has 1 aromatic carbocycles. The van der Waals surface area contributed by atoms with Crippen LogP contribution in [0.25, 0.3) is 0 Å². The molecule has 0 heterocycles. The van der Waals surface area contributed by atoms with Gasteiger partial charge in [-0.15, -0.1) is 0 Å². The fraction of sp³-hybridized carbons (Fsp3) is 0.400. The average Bonchev–Trinajstić information content (AvgIpc) is 1.95. The third-order valence-electron chi connectivity index (χ3n) is 1.86. The lowest BCUT2D eigenvalue weighted by molar-refractivity contribution is 0.389. The number of benzene rings is 1. The van der Waals surface area contributed by atoms with E-state index in [1.54, 1.807) is 6.07 Å². The quantitative estimate of drug-likeness (QED) is 0.632. The molecule has 0 unspecified atom stereocenters. The molecule has 0 spiro atoms. The van der Waals surface area contributed by atoms with E-state index in [2.05, 4.69) is 0 Å². The molecule has 72 valence electrons. The second-order valence-corrected chi connectivity index (χ2v) is 4.45. The molecule has 0 aliphatic heterocycles. The molecule has 3 heteroatoms. The number of phenols is 2. The van der Waals surface area contributed by atoms with E-state index < -0.39 is 0 Å². The van der Waals surface area contributed by atoms with Gasteiger partial charge < -0.3 is 10.2 Å². The molecular weight excluding hydrogens is 188 g/mol. The highest BCUT2D eigenvalue weighted by Crippen LogP contribution is 2.41. The zero-order valence-corrected chi connectivity index (χ0v) is 8.68. The van der Waals surface area contributed by atoms with E-state index in [4.69, 9.17) is 11.6 Å². The standard InChI is InChI=1S/C10H13ClO2/c1-10(2,3)8-6(11)4-5-7(12)9(8)13/h4-5,12-13H,1-3H3. The fourth-order valence-corrected chi connectivity index (χ4v) is 1.70. The van der Waals surface area contributed by atoms with Crippen LogP contribution in [0.5, 0.6) is 11.5 Å². The molecule has 1 rings (SSSR count). The lowest BCUT2D eigenvalue weighted by Gasteiger charge is -2.22. The van der Waals surface area contributed by atoms with Gasteiger partial charge in [0.2, 0.25) is 0 Å². The Morgan fingerprint density at radius 3 is 2.08 bits per heavy atom. The molecule has 0 aliphatic rings. The van der Waals surface area contributed by atoms with Gasteiger partial charge in [-0.1, -0.05) is 32.4 Å². The molecular formula is C10H13ClO2. The summed E-state index contributed by atoms with van der Waals surface area (Å²) in [5, 5.41) is 19.3. The van der Waals surface area contributed by atoms with Gasteiger partial charge in [0.1, 0.15) is 0 Å². The molecule has 1 aromatic rings. The van der Waals surface area contributed by atoms with Gasteiger partial charge in [0.05, 0.1) is 0 Å². The molecule has 2 nitrogen and oxygen atoms in total. The minimum Gasteiger partial charge on any atom is -0.504 e. The Bertz CT molecular complexity index is 326. The number of hydrogen-bond acceptors (Lipinski definition) is 2. The van der Waals surface area contributed by atoms with E-state index in [9.17, 15) is 10.2 Å². The van der Waals surface area contributed by atoms with Crippen molar-refractivity contribution in [3.8, 4) is 11.5 Å². The Hall–Kier alpha value is -0.890. The molecule has 0 amide bonds. The lowest BCUT2D eigenvalue weighted by atomic mass is 9.86. The first kappa shape index (κ1) is 10.2. The van der Waals surface area contributed by atoms with Crippen LogP contribution in [0.2, 0.25) is 5.02 Å². The largest absolute Gasteiger partial charge is 0.504 e. The highest BCUT2D eigenvalue weighted by atomic mass is 35.5. The summed E-state index contributed by atoms with van der Waals surface area (Å²) >= 11 is 5.92. The Morgan fingerprint density at radius 2 is 1.69 bits per heavy atom. The third kappa shape index (κ3) is 1.89. The summed E-state index contributed by atoms with van der Waals surface area (Å²) < 4.78 is 0. The van der Waals surface area contributed by atoms with Crippen LogP contribution in [-0.4, -0.2) is 10.2 Å². The lowest BCUT2D eigenvalue weighted by Crippen LogP contribution is -2.12. The first-order valence-corrected chi connectivity index (χ1v) is 4.42. The SMILES string of the molecule is CC(C)(C)c1c(Cl)ccc(O)c1O. The van der Waals surface area contributed by atoms with E-state index in [1.807, 2.05) is 20.8 Å². The molecule has 0 aromatic heterocycles. The predicted octanol–water partition coefficient (Wildman–Crippen LogP) is 3.05. The minimum absolute atomic E-state index is 0.125. The van der Waals surface area contributed by atoms with Gasteiger partial charge in [0, 0.05) is 10.6 Å². The molecule has 0 fully saturated rings. The Kier molecular flexibility index (Phi) is 2.44. The van der Waals surface area contributed by atoms with E-state index in [0.29, 0.717) is 10.6 Å². The molecule has 0 saturated carbocycles. The molecule has 2 N–H and O–H groups in total. The van der Waals surface area contributed by atoms with Gasteiger partial charge in [0.25, 0.3) is 0 Å². The topological polar surface area (TPSA) is 40.5 Å². The summed E-state index contributed by atoms with van der Waals surface area (Å²) in [4.78, 5) is 0. The van der Waals surface area contributed by atoms with Gasteiger partial charge in [-0.05, 0) is 17.5 Å². The van der Waals surface area contributed by atoms with Gasteiger partial charge in [-0.2, -0.15) is 0 Å². The van der Waals surface area contributed by atoms with Gasteiger partial charge in [0.15, 0.2) is 11.5 Å². The summed E-state index contributed by atoms with van der Waals surface area (Å²) in [5.41, 5.74) is 0.300.